The lowest BCUT2D eigenvalue weighted by Crippen LogP contribution is -2.15. The van der Waals surface area contributed by atoms with Crippen LogP contribution in [0.2, 0.25) is 0 Å². The lowest BCUT2D eigenvalue weighted by Gasteiger charge is -2.02. The van der Waals surface area contributed by atoms with Crippen LogP contribution in [0.15, 0.2) is 28.8 Å². The van der Waals surface area contributed by atoms with Gasteiger partial charge in [-0.1, -0.05) is 28.9 Å². The van der Waals surface area contributed by atoms with E-state index in [2.05, 4.69) is 42.5 Å². The molecule has 0 saturated heterocycles. The third kappa shape index (κ3) is 2.46. The van der Waals surface area contributed by atoms with Gasteiger partial charge >= 0.3 is 0 Å². The molecule has 1 saturated carbocycles. The highest BCUT2D eigenvalue weighted by molar-refractivity contribution is 5.62. The van der Waals surface area contributed by atoms with Gasteiger partial charge in [-0.3, -0.25) is 0 Å². The summed E-state index contributed by atoms with van der Waals surface area (Å²) < 4.78 is 5.43. The fourth-order valence-electron chi connectivity index (χ4n) is 2.15. The minimum Gasteiger partial charge on any atom is -0.356 e. The standard InChI is InChI=1S/C15H18N2O/c1-10-3-6-14(11(2)7-10)15-8-13(17-18-15)9-16-12-4-5-12/h3,6-8,12,16H,4-5,9H2,1-2H3. The first-order valence-corrected chi connectivity index (χ1v) is 6.49. The molecule has 0 radical (unpaired) electrons. The molecular weight excluding hydrogens is 224 g/mol. The Morgan fingerprint density at radius 2 is 2.11 bits per heavy atom. The summed E-state index contributed by atoms with van der Waals surface area (Å²) in [5, 5.41) is 7.56. The van der Waals surface area contributed by atoms with Crippen LogP contribution in [0.1, 0.15) is 29.7 Å². The summed E-state index contributed by atoms with van der Waals surface area (Å²) in [7, 11) is 0. The molecule has 1 aliphatic carbocycles. The lowest BCUT2D eigenvalue weighted by atomic mass is 10.0. The number of benzene rings is 1. The van der Waals surface area contributed by atoms with Crippen LogP contribution >= 0.6 is 0 Å². The van der Waals surface area contributed by atoms with Crippen molar-refractivity contribution in [1.82, 2.24) is 10.5 Å². The van der Waals surface area contributed by atoms with Crippen LogP contribution in [-0.2, 0) is 6.54 Å². The van der Waals surface area contributed by atoms with Crippen LogP contribution in [0.25, 0.3) is 11.3 Å². The third-order valence-electron chi connectivity index (χ3n) is 3.36. The zero-order chi connectivity index (χ0) is 12.5. The second-order valence-corrected chi connectivity index (χ2v) is 5.16. The Labute approximate surface area is 107 Å². The van der Waals surface area contributed by atoms with Gasteiger partial charge < -0.3 is 9.84 Å². The fourth-order valence-corrected chi connectivity index (χ4v) is 2.15. The van der Waals surface area contributed by atoms with E-state index in [1.54, 1.807) is 0 Å². The number of nitrogens with one attached hydrogen (secondary N) is 1. The van der Waals surface area contributed by atoms with E-state index in [4.69, 9.17) is 4.52 Å². The first-order valence-electron chi connectivity index (χ1n) is 6.49. The first kappa shape index (κ1) is 11.5. The molecule has 1 N–H and O–H groups in total. The van der Waals surface area contributed by atoms with Crippen molar-refractivity contribution in [2.75, 3.05) is 0 Å². The Hall–Kier alpha value is -1.61. The SMILES string of the molecule is Cc1ccc(-c2cc(CNC3CC3)no2)c(C)c1. The summed E-state index contributed by atoms with van der Waals surface area (Å²) in [5.41, 5.74) is 4.61. The normalized spacial score (nSPS) is 15.0. The van der Waals surface area contributed by atoms with Gasteiger partial charge in [-0.05, 0) is 32.3 Å². The molecule has 0 amide bonds. The lowest BCUT2D eigenvalue weighted by molar-refractivity contribution is 0.419. The topological polar surface area (TPSA) is 38.1 Å². The molecule has 1 fully saturated rings. The quantitative estimate of drug-likeness (QED) is 0.894. The number of hydrogen-bond acceptors (Lipinski definition) is 3. The van der Waals surface area contributed by atoms with E-state index in [-0.39, 0.29) is 0 Å². The summed E-state index contributed by atoms with van der Waals surface area (Å²) >= 11 is 0. The van der Waals surface area contributed by atoms with Crippen LogP contribution in [-0.4, -0.2) is 11.2 Å². The van der Waals surface area contributed by atoms with E-state index < -0.39 is 0 Å². The minimum atomic E-state index is 0.700. The maximum absolute atomic E-state index is 5.43. The van der Waals surface area contributed by atoms with E-state index in [1.807, 2.05) is 6.07 Å². The molecule has 1 heterocycles. The molecule has 0 spiro atoms. The average Bonchev–Trinajstić information content (AvgIpc) is 3.05. The molecule has 0 unspecified atom stereocenters. The molecule has 1 aromatic heterocycles. The molecular formula is C15H18N2O. The summed E-state index contributed by atoms with van der Waals surface area (Å²) in [6.07, 6.45) is 2.59. The monoisotopic (exact) mass is 242 g/mol. The molecule has 3 heteroatoms. The van der Waals surface area contributed by atoms with Crippen molar-refractivity contribution in [2.24, 2.45) is 0 Å². The van der Waals surface area contributed by atoms with E-state index in [9.17, 15) is 0 Å². The van der Waals surface area contributed by atoms with Gasteiger partial charge in [0.25, 0.3) is 0 Å². The Morgan fingerprint density at radius 3 is 2.83 bits per heavy atom. The summed E-state index contributed by atoms with van der Waals surface area (Å²) in [4.78, 5) is 0. The molecule has 0 atom stereocenters. The number of aryl methyl sites for hydroxylation is 2. The Bertz CT molecular complexity index is 555. The maximum Gasteiger partial charge on any atom is 0.167 e. The van der Waals surface area contributed by atoms with Gasteiger partial charge in [0, 0.05) is 24.2 Å². The Kier molecular flexibility index (Phi) is 2.92. The predicted molar refractivity (Wildman–Crippen MR) is 71.3 cm³/mol. The molecule has 3 nitrogen and oxygen atoms in total. The van der Waals surface area contributed by atoms with Gasteiger partial charge in [0.1, 0.15) is 0 Å². The van der Waals surface area contributed by atoms with E-state index >= 15 is 0 Å². The number of rotatable bonds is 4. The van der Waals surface area contributed by atoms with Gasteiger partial charge in [-0.15, -0.1) is 0 Å². The van der Waals surface area contributed by atoms with Crippen molar-refractivity contribution in [1.29, 1.82) is 0 Å². The van der Waals surface area contributed by atoms with Crippen molar-refractivity contribution in [3.63, 3.8) is 0 Å². The van der Waals surface area contributed by atoms with Gasteiger partial charge in [-0.2, -0.15) is 0 Å². The Morgan fingerprint density at radius 1 is 1.28 bits per heavy atom. The van der Waals surface area contributed by atoms with E-state index in [1.165, 1.54) is 24.0 Å². The summed E-state index contributed by atoms with van der Waals surface area (Å²) in [6.45, 7) is 5.01. The van der Waals surface area contributed by atoms with Gasteiger partial charge in [-0.25, -0.2) is 0 Å². The number of nitrogens with zero attached hydrogens (tertiary/aromatic N) is 1. The van der Waals surface area contributed by atoms with Crippen molar-refractivity contribution < 1.29 is 4.52 Å². The molecule has 18 heavy (non-hydrogen) atoms. The van der Waals surface area contributed by atoms with Crippen LogP contribution in [0, 0.1) is 13.8 Å². The van der Waals surface area contributed by atoms with Crippen LogP contribution < -0.4 is 5.32 Å². The highest BCUT2D eigenvalue weighted by Gasteiger charge is 2.20. The highest BCUT2D eigenvalue weighted by atomic mass is 16.5. The van der Waals surface area contributed by atoms with Gasteiger partial charge in [0.2, 0.25) is 0 Å². The zero-order valence-electron chi connectivity index (χ0n) is 10.9. The molecule has 94 valence electrons. The van der Waals surface area contributed by atoms with Gasteiger partial charge in [0.15, 0.2) is 5.76 Å². The molecule has 0 bridgehead atoms. The predicted octanol–water partition coefficient (Wildman–Crippen LogP) is 3.21. The van der Waals surface area contributed by atoms with E-state index in [0.29, 0.717) is 6.04 Å². The van der Waals surface area contributed by atoms with Gasteiger partial charge in [0.05, 0.1) is 5.69 Å². The molecule has 0 aliphatic heterocycles. The zero-order valence-corrected chi connectivity index (χ0v) is 10.9. The molecule has 3 rings (SSSR count). The van der Waals surface area contributed by atoms with Crippen LogP contribution in [0.3, 0.4) is 0 Å². The molecule has 2 aromatic rings. The van der Waals surface area contributed by atoms with Crippen molar-refractivity contribution in [3.05, 3.63) is 41.1 Å². The first-order chi connectivity index (χ1) is 8.72. The summed E-state index contributed by atoms with van der Waals surface area (Å²) in [5.74, 6) is 0.861. The van der Waals surface area contributed by atoms with Crippen molar-refractivity contribution in [3.8, 4) is 11.3 Å². The smallest absolute Gasteiger partial charge is 0.167 e. The highest BCUT2D eigenvalue weighted by Crippen LogP contribution is 2.25. The van der Waals surface area contributed by atoms with E-state index in [0.717, 1.165) is 23.6 Å². The number of hydrogen-bond donors (Lipinski definition) is 1. The Balaban J connectivity index is 1.78. The minimum absolute atomic E-state index is 0.700. The van der Waals surface area contributed by atoms with Crippen LogP contribution in [0.4, 0.5) is 0 Å². The molecule has 1 aliphatic rings. The summed E-state index contributed by atoms with van der Waals surface area (Å²) in [6, 6.07) is 9.11. The molecule has 1 aromatic carbocycles. The van der Waals surface area contributed by atoms with Crippen molar-refractivity contribution in [2.45, 2.75) is 39.3 Å². The van der Waals surface area contributed by atoms with Crippen LogP contribution in [0.5, 0.6) is 0 Å². The largest absolute Gasteiger partial charge is 0.356 e. The average molecular weight is 242 g/mol. The third-order valence-corrected chi connectivity index (χ3v) is 3.36. The second-order valence-electron chi connectivity index (χ2n) is 5.16. The second kappa shape index (κ2) is 4.58. The fraction of sp³-hybridized carbons (Fsp3) is 0.400. The van der Waals surface area contributed by atoms with Crippen molar-refractivity contribution >= 4 is 0 Å². The maximum atomic E-state index is 5.43. The number of aromatic nitrogens is 1.